The lowest BCUT2D eigenvalue weighted by molar-refractivity contribution is -0.116. The van der Waals surface area contributed by atoms with Crippen molar-refractivity contribution in [3.05, 3.63) is 86.3 Å². The van der Waals surface area contributed by atoms with Crippen LogP contribution in [-0.2, 0) is 16.1 Å². The molecule has 2 aromatic carbocycles. The van der Waals surface area contributed by atoms with E-state index in [1.165, 1.54) is 10.9 Å². The maximum absolute atomic E-state index is 13.1. The topological polar surface area (TPSA) is 99.5 Å². The number of aromatic nitrogens is 2. The quantitative estimate of drug-likeness (QED) is 0.278. The highest BCUT2D eigenvalue weighted by Gasteiger charge is 2.21. The average molecular weight is 506 g/mol. The fraction of sp³-hybridized carbons (Fsp3) is 0.259. The van der Waals surface area contributed by atoms with Crippen LogP contribution in [-0.4, -0.2) is 34.6 Å². The fourth-order valence-corrected chi connectivity index (χ4v) is 5.09. The number of hydrogen-bond donors (Lipinski definition) is 1. The van der Waals surface area contributed by atoms with Gasteiger partial charge in [0.05, 0.1) is 11.7 Å². The summed E-state index contributed by atoms with van der Waals surface area (Å²) in [5.74, 6) is -0.187. The van der Waals surface area contributed by atoms with Gasteiger partial charge in [-0.25, -0.2) is 9.78 Å². The van der Waals surface area contributed by atoms with E-state index in [4.69, 9.17) is 9.47 Å². The largest absolute Gasteiger partial charge is 0.490 e. The average Bonchev–Trinajstić information content (AvgIpc) is 3.18. The van der Waals surface area contributed by atoms with Crippen molar-refractivity contribution in [1.82, 2.24) is 9.55 Å². The summed E-state index contributed by atoms with van der Waals surface area (Å²) in [6.07, 6.45) is 1.33. The molecule has 4 aromatic rings. The Kier molecular flexibility index (Phi) is 7.49. The van der Waals surface area contributed by atoms with Crippen LogP contribution >= 0.6 is 11.3 Å². The number of nitrogens with zero attached hydrogens (tertiary/aromatic N) is 2. The molecule has 0 saturated carbocycles. The van der Waals surface area contributed by atoms with Crippen LogP contribution in [0.4, 0.5) is 5.69 Å². The van der Waals surface area contributed by atoms with Crippen LogP contribution in [0.5, 0.6) is 5.75 Å². The molecule has 0 aliphatic carbocycles. The molecule has 8 nitrogen and oxygen atoms in total. The maximum Gasteiger partial charge on any atom is 0.348 e. The molecule has 0 radical (unpaired) electrons. The summed E-state index contributed by atoms with van der Waals surface area (Å²) in [5.41, 5.74) is 3.86. The molecule has 2 heterocycles. The van der Waals surface area contributed by atoms with Crippen LogP contribution in [0.3, 0.4) is 0 Å². The third-order valence-electron chi connectivity index (χ3n) is 5.69. The lowest BCUT2D eigenvalue weighted by Crippen LogP contribution is -2.28. The number of rotatable bonds is 8. The summed E-state index contributed by atoms with van der Waals surface area (Å²) >= 11 is 1.10. The highest BCUT2D eigenvalue weighted by atomic mass is 32.1. The number of para-hydroxylation sites is 1. The molecule has 0 spiro atoms. The van der Waals surface area contributed by atoms with Gasteiger partial charge in [-0.1, -0.05) is 35.9 Å². The van der Waals surface area contributed by atoms with Gasteiger partial charge in [-0.05, 0) is 56.5 Å². The Bertz CT molecular complexity index is 1470. The Balaban J connectivity index is 1.45. The lowest BCUT2D eigenvalue weighted by atomic mass is 10.1. The summed E-state index contributed by atoms with van der Waals surface area (Å²) in [7, 11) is 0. The third kappa shape index (κ3) is 5.46. The van der Waals surface area contributed by atoms with Crippen molar-refractivity contribution in [2.24, 2.45) is 0 Å². The van der Waals surface area contributed by atoms with E-state index in [9.17, 15) is 14.4 Å². The number of benzene rings is 2. The van der Waals surface area contributed by atoms with Crippen LogP contribution in [0.15, 0.2) is 53.6 Å². The van der Waals surface area contributed by atoms with Crippen LogP contribution in [0.2, 0.25) is 0 Å². The lowest BCUT2D eigenvalue weighted by Gasteiger charge is -2.13. The van der Waals surface area contributed by atoms with E-state index in [2.05, 4.69) is 10.3 Å². The van der Waals surface area contributed by atoms with Gasteiger partial charge in [-0.3, -0.25) is 14.2 Å². The summed E-state index contributed by atoms with van der Waals surface area (Å²) in [5, 5.41) is 3.21. The van der Waals surface area contributed by atoms with Crippen molar-refractivity contribution in [1.29, 1.82) is 0 Å². The first-order valence-electron chi connectivity index (χ1n) is 11.5. The van der Waals surface area contributed by atoms with Crippen molar-refractivity contribution in [3.8, 4) is 5.75 Å². The Hall–Kier alpha value is -3.98. The molecule has 0 aliphatic rings. The van der Waals surface area contributed by atoms with Crippen LogP contribution < -0.4 is 15.6 Å². The smallest absolute Gasteiger partial charge is 0.348 e. The van der Waals surface area contributed by atoms with Gasteiger partial charge in [0.2, 0.25) is 5.91 Å². The third-order valence-corrected chi connectivity index (χ3v) is 6.87. The van der Waals surface area contributed by atoms with E-state index in [0.29, 0.717) is 26.4 Å². The second-order valence-corrected chi connectivity index (χ2v) is 9.53. The molecule has 0 saturated heterocycles. The van der Waals surface area contributed by atoms with Crippen LogP contribution in [0.25, 0.3) is 10.2 Å². The van der Waals surface area contributed by atoms with Crippen LogP contribution in [0.1, 0.15) is 31.9 Å². The Morgan fingerprint density at radius 2 is 1.72 bits per heavy atom. The predicted molar refractivity (Wildman–Crippen MR) is 140 cm³/mol. The molecule has 9 heteroatoms. The number of ether oxygens (including phenoxy) is 2. The van der Waals surface area contributed by atoms with Crippen molar-refractivity contribution >= 4 is 39.1 Å². The van der Waals surface area contributed by atoms with Gasteiger partial charge < -0.3 is 14.8 Å². The minimum Gasteiger partial charge on any atom is -0.490 e. The normalized spacial score (nSPS) is 10.9. The first-order valence-corrected chi connectivity index (χ1v) is 12.3. The predicted octanol–water partition coefficient (Wildman–Crippen LogP) is 4.57. The fourth-order valence-electron chi connectivity index (χ4n) is 4.05. The molecule has 36 heavy (non-hydrogen) atoms. The second kappa shape index (κ2) is 10.7. The Morgan fingerprint density at radius 3 is 2.42 bits per heavy atom. The molecule has 186 valence electrons. The van der Waals surface area contributed by atoms with Crippen molar-refractivity contribution in [3.63, 3.8) is 0 Å². The highest BCUT2D eigenvalue weighted by Crippen LogP contribution is 2.27. The first kappa shape index (κ1) is 25.1. The van der Waals surface area contributed by atoms with Crippen molar-refractivity contribution < 1.29 is 19.1 Å². The summed E-state index contributed by atoms with van der Waals surface area (Å²) in [6.45, 7) is 7.62. The van der Waals surface area contributed by atoms with Gasteiger partial charge >= 0.3 is 5.97 Å². The van der Waals surface area contributed by atoms with Crippen LogP contribution in [0, 0.1) is 27.7 Å². The maximum atomic E-state index is 13.1. The molecule has 0 fully saturated rings. The Labute approximate surface area is 212 Å². The molecular formula is C27H27N3O5S. The van der Waals surface area contributed by atoms with E-state index >= 15 is 0 Å². The van der Waals surface area contributed by atoms with E-state index in [1.54, 1.807) is 6.92 Å². The summed E-state index contributed by atoms with van der Waals surface area (Å²) < 4.78 is 12.1. The number of fused-ring (bicyclic) bond motifs is 1. The number of esters is 1. The monoisotopic (exact) mass is 505 g/mol. The molecule has 4 rings (SSSR count). The van der Waals surface area contributed by atoms with Crippen molar-refractivity contribution in [2.75, 3.05) is 18.5 Å². The molecule has 0 atom stereocenters. The van der Waals surface area contributed by atoms with Gasteiger partial charge in [0.15, 0.2) is 0 Å². The number of amides is 1. The molecular weight excluding hydrogens is 478 g/mol. The molecule has 0 unspecified atom stereocenters. The summed E-state index contributed by atoms with van der Waals surface area (Å²) in [6, 6.07) is 13.2. The number of thiophene rings is 1. The zero-order chi connectivity index (χ0) is 25.8. The second-order valence-electron chi connectivity index (χ2n) is 8.53. The number of carbonyl (C=O) groups is 2. The number of carbonyl (C=O) groups excluding carboxylic acids is 2. The zero-order valence-electron chi connectivity index (χ0n) is 20.6. The van der Waals surface area contributed by atoms with Gasteiger partial charge in [0, 0.05) is 5.69 Å². The summed E-state index contributed by atoms with van der Waals surface area (Å²) in [4.78, 5) is 43.6. The molecule has 1 amide bonds. The van der Waals surface area contributed by atoms with Gasteiger partial charge in [-0.15, -0.1) is 11.3 Å². The van der Waals surface area contributed by atoms with Gasteiger partial charge in [0.1, 0.15) is 35.2 Å². The SMILES string of the molecule is Cc1cc(C)c(NC(=O)Cn2cnc3sc(C(=O)OCCOc4ccccc4)c(C)c3c2=O)c(C)c1. The number of hydrogen-bond acceptors (Lipinski definition) is 7. The Morgan fingerprint density at radius 1 is 1.03 bits per heavy atom. The van der Waals surface area contributed by atoms with Gasteiger partial charge in [0.25, 0.3) is 5.56 Å². The standard InChI is InChI=1S/C27H27N3O5S/c1-16-12-17(2)23(18(3)13-16)29-21(31)14-30-15-28-25-22(26(30)32)19(4)24(36-25)27(33)35-11-10-34-20-8-6-5-7-9-20/h5-9,12-13,15H,10-11,14H2,1-4H3,(H,29,31). The number of nitrogens with one attached hydrogen (secondary N) is 1. The van der Waals surface area contributed by atoms with E-state index < -0.39 is 5.97 Å². The van der Waals surface area contributed by atoms with Crippen molar-refractivity contribution in [2.45, 2.75) is 34.2 Å². The van der Waals surface area contributed by atoms with Gasteiger partial charge in [-0.2, -0.15) is 0 Å². The minimum atomic E-state index is -0.541. The molecule has 0 aliphatic heterocycles. The first-order chi connectivity index (χ1) is 17.2. The zero-order valence-corrected chi connectivity index (χ0v) is 21.4. The molecule has 2 aromatic heterocycles. The molecule has 1 N–H and O–H groups in total. The van der Waals surface area contributed by atoms with E-state index in [0.717, 1.165) is 33.7 Å². The molecule has 0 bridgehead atoms. The highest BCUT2D eigenvalue weighted by molar-refractivity contribution is 7.20. The number of anilines is 1. The van der Waals surface area contributed by atoms with E-state index in [-0.39, 0.29) is 31.2 Å². The number of aryl methyl sites for hydroxylation is 4. The minimum absolute atomic E-state index is 0.0666. The van der Waals surface area contributed by atoms with E-state index in [1.807, 2.05) is 63.2 Å².